The van der Waals surface area contributed by atoms with Gasteiger partial charge in [0, 0.05) is 23.1 Å². The third kappa shape index (κ3) is 3.03. The molecule has 0 heterocycles. The van der Waals surface area contributed by atoms with Crippen molar-refractivity contribution in [3.63, 3.8) is 0 Å². The molecule has 0 atom stereocenters. The topological polar surface area (TPSA) is 55.5 Å². The van der Waals surface area contributed by atoms with Crippen LogP contribution in [0.2, 0.25) is 0 Å². The second kappa shape index (κ2) is 5.88. The van der Waals surface area contributed by atoms with Gasteiger partial charge >= 0.3 is 0 Å². The van der Waals surface area contributed by atoms with Crippen molar-refractivity contribution < 1.29 is 9.84 Å². The molecule has 0 radical (unpaired) electrons. The van der Waals surface area contributed by atoms with Crippen LogP contribution in [0.5, 0.6) is 11.5 Å². The summed E-state index contributed by atoms with van der Waals surface area (Å²) < 4.78 is 5.47. The Morgan fingerprint density at radius 3 is 2.29 bits per heavy atom. The fourth-order valence-corrected chi connectivity index (χ4v) is 3.51. The van der Waals surface area contributed by atoms with Crippen LogP contribution in [0.4, 0.5) is 0 Å². The second-order valence-corrected chi connectivity index (χ2v) is 7.37. The first-order valence-corrected chi connectivity index (χ1v) is 7.96. The lowest BCUT2D eigenvalue weighted by Gasteiger charge is -2.38. The Kier molecular flexibility index (Phi) is 4.52. The number of aromatic hydroxyl groups is 1. The molecule has 2 rings (SSSR count). The Bertz CT molecular complexity index is 497. The van der Waals surface area contributed by atoms with E-state index in [-0.39, 0.29) is 10.8 Å². The molecule has 1 aliphatic carbocycles. The minimum Gasteiger partial charge on any atom is -0.507 e. The number of methoxy groups -OCH3 is 1. The first kappa shape index (κ1) is 16.2. The van der Waals surface area contributed by atoms with Crippen molar-refractivity contribution in [3.8, 4) is 11.5 Å². The van der Waals surface area contributed by atoms with Crippen molar-refractivity contribution in [3.05, 3.63) is 23.3 Å². The molecule has 0 spiro atoms. The molecule has 3 nitrogen and oxygen atoms in total. The van der Waals surface area contributed by atoms with E-state index in [0.29, 0.717) is 12.3 Å². The number of ether oxygens (including phenoxy) is 1. The summed E-state index contributed by atoms with van der Waals surface area (Å²) >= 11 is 0. The third-order valence-corrected chi connectivity index (χ3v) is 4.90. The van der Waals surface area contributed by atoms with E-state index < -0.39 is 0 Å². The molecule has 0 amide bonds. The molecule has 0 bridgehead atoms. The Morgan fingerprint density at radius 1 is 1.19 bits per heavy atom. The number of benzene rings is 1. The molecule has 1 saturated carbocycles. The summed E-state index contributed by atoms with van der Waals surface area (Å²) in [5.41, 5.74) is 7.83. The van der Waals surface area contributed by atoms with Crippen molar-refractivity contribution in [2.45, 2.75) is 63.7 Å². The highest BCUT2D eigenvalue weighted by atomic mass is 16.5. The largest absolute Gasteiger partial charge is 0.507 e. The zero-order valence-electron chi connectivity index (χ0n) is 13.8. The molecule has 1 fully saturated rings. The van der Waals surface area contributed by atoms with E-state index in [9.17, 15) is 5.11 Å². The van der Waals surface area contributed by atoms with Gasteiger partial charge in [-0.1, -0.05) is 40.0 Å². The van der Waals surface area contributed by atoms with Crippen LogP contribution in [0.15, 0.2) is 12.1 Å². The monoisotopic (exact) mass is 291 g/mol. The lowest BCUT2D eigenvalue weighted by molar-refractivity contribution is 0.287. The Labute approximate surface area is 128 Å². The van der Waals surface area contributed by atoms with Gasteiger partial charge in [0.15, 0.2) is 0 Å². The first-order chi connectivity index (χ1) is 9.84. The number of hydrogen-bond acceptors (Lipinski definition) is 3. The van der Waals surface area contributed by atoms with E-state index in [2.05, 4.69) is 20.8 Å². The van der Waals surface area contributed by atoms with Crippen LogP contribution in [0, 0.1) is 0 Å². The summed E-state index contributed by atoms with van der Waals surface area (Å²) in [7, 11) is 1.68. The van der Waals surface area contributed by atoms with E-state index in [4.69, 9.17) is 10.5 Å². The quantitative estimate of drug-likeness (QED) is 0.889. The van der Waals surface area contributed by atoms with Crippen LogP contribution in [0.3, 0.4) is 0 Å². The Morgan fingerprint density at radius 2 is 1.81 bits per heavy atom. The zero-order valence-corrected chi connectivity index (χ0v) is 13.8. The molecule has 3 N–H and O–H groups in total. The maximum atomic E-state index is 10.9. The maximum absolute atomic E-state index is 10.9. The second-order valence-electron chi connectivity index (χ2n) is 7.37. The van der Waals surface area contributed by atoms with Crippen molar-refractivity contribution in [1.29, 1.82) is 0 Å². The van der Waals surface area contributed by atoms with Crippen LogP contribution in [-0.4, -0.2) is 18.8 Å². The van der Waals surface area contributed by atoms with Gasteiger partial charge in [0.1, 0.15) is 11.5 Å². The van der Waals surface area contributed by atoms with Gasteiger partial charge in [-0.25, -0.2) is 0 Å². The molecule has 118 valence electrons. The summed E-state index contributed by atoms with van der Waals surface area (Å²) in [6.45, 7) is 6.92. The van der Waals surface area contributed by atoms with E-state index in [0.717, 1.165) is 29.7 Å². The maximum Gasteiger partial charge on any atom is 0.123 e. The number of nitrogens with two attached hydrogens (primary N) is 1. The van der Waals surface area contributed by atoms with Gasteiger partial charge in [-0.3, -0.25) is 0 Å². The highest BCUT2D eigenvalue weighted by Gasteiger charge is 2.37. The number of rotatable bonds is 3. The van der Waals surface area contributed by atoms with Crippen LogP contribution in [-0.2, 0) is 10.8 Å². The normalized spacial score (nSPS) is 18.5. The minimum absolute atomic E-state index is 0.100. The van der Waals surface area contributed by atoms with Gasteiger partial charge in [0.2, 0.25) is 0 Å². The molecule has 21 heavy (non-hydrogen) atoms. The fraction of sp³-hybridized carbons (Fsp3) is 0.667. The summed E-state index contributed by atoms with van der Waals surface area (Å²) in [5, 5.41) is 10.9. The first-order valence-electron chi connectivity index (χ1n) is 7.96. The molecular formula is C18H29NO2. The van der Waals surface area contributed by atoms with Gasteiger partial charge in [0.25, 0.3) is 0 Å². The standard InChI is InChI=1S/C18H29NO2/c1-17(2,3)14-10-13(21-4)11-15(16(14)20)18(12-19)8-6-5-7-9-18/h10-11,20H,5-9,12,19H2,1-4H3. The van der Waals surface area contributed by atoms with E-state index in [1.807, 2.05) is 12.1 Å². The SMILES string of the molecule is COc1cc(C(C)(C)C)c(O)c(C2(CN)CCCCC2)c1. The summed E-state index contributed by atoms with van der Waals surface area (Å²) in [5.74, 6) is 1.22. The summed E-state index contributed by atoms with van der Waals surface area (Å²) in [6, 6.07) is 3.94. The lowest BCUT2D eigenvalue weighted by Crippen LogP contribution is -2.37. The van der Waals surface area contributed by atoms with E-state index >= 15 is 0 Å². The van der Waals surface area contributed by atoms with Crippen LogP contribution < -0.4 is 10.5 Å². The average molecular weight is 291 g/mol. The van der Waals surface area contributed by atoms with Gasteiger partial charge in [-0.2, -0.15) is 0 Å². The average Bonchev–Trinajstić information content (AvgIpc) is 2.47. The van der Waals surface area contributed by atoms with Gasteiger partial charge in [0.05, 0.1) is 7.11 Å². The lowest BCUT2D eigenvalue weighted by atomic mass is 9.68. The highest BCUT2D eigenvalue weighted by Crippen LogP contribution is 2.47. The molecule has 0 aromatic heterocycles. The van der Waals surface area contributed by atoms with Crippen molar-refractivity contribution in [2.24, 2.45) is 5.73 Å². The van der Waals surface area contributed by atoms with Crippen LogP contribution in [0.1, 0.15) is 64.0 Å². The molecule has 1 aromatic rings. The fourth-order valence-electron chi connectivity index (χ4n) is 3.51. The zero-order chi connectivity index (χ0) is 15.7. The highest BCUT2D eigenvalue weighted by molar-refractivity contribution is 5.52. The third-order valence-electron chi connectivity index (χ3n) is 4.90. The van der Waals surface area contributed by atoms with Crippen LogP contribution in [0.25, 0.3) is 0 Å². The van der Waals surface area contributed by atoms with Crippen molar-refractivity contribution in [1.82, 2.24) is 0 Å². The van der Waals surface area contributed by atoms with Gasteiger partial charge in [-0.15, -0.1) is 0 Å². The number of hydrogen-bond donors (Lipinski definition) is 2. The van der Waals surface area contributed by atoms with Crippen molar-refractivity contribution in [2.75, 3.05) is 13.7 Å². The predicted molar refractivity (Wildman–Crippen MR) is 87.2 cm³/mol. The minimum atomic E-state index is -0.127. The smallest absolute Gasteiger partial charge is 0.123 e. The molecular weight excluding hydrogens is 262 g/mol. The van der Waals surface area contributed by atoms with Gasteiger partial charge in [-0.05, 0) is 30.4 Å². The molecule has 0 unspecified atom stereocenters. The molecule has 3 heteroatoms. The Balaban J connectivity index is 2.61. The van der Waals surface area contributed by atoms with E-state index in [1.165, 1.54) is 19.3 Å². The molecule has 0 aliphatic heterocycles. The van der Waals surface area contributed by atoms with Crippen molar-refractivity contribution >= 4 is 0 Å². The molecule has 0 saturated heterocycles. The summed E-state index contributed by atoms with van der Waals surface area (Å²) in [6.07, 6.45) is 5.72. The summed E-state index contributed by atoms with van der Waals surface area (Å²) in [4.78, 5) is 0. The molecule has 1 aliphatic rings. The van der Waals surface area contributed by atoms with E-state index in [1.54, 1.807) is 7.11 Å². The Hall–Kier alpha value is -1.22. The molecule has 1 aromatic carbocycles. The van der Waals surface area contributed by atoms with Crippen LogP contribution >= 0.6 is 0 Å². The number of phenolic OH excluding ortho intramolecular Hbond substituents is 1. The van der Waals surface area contributed by atoms with Gasteiger partial charge < -0.3 is 15.6 Å². The predicted octanol–water partition coefficient (Wildman–Crippen LogP) is 3.86. The number of phenols is 1.